The van der Waals surface area contributed by atoms with Crippen LogP contribution >= 0.6 is 0 Å². The van der Waals surface area contributed by atoms with Crippen LogP contribution in [-0.4, -0.2) is 20.0 Å². The van der Waals surface area contributed by atoms with Gasteiger partial charge in [-0.1, -0.05) is 24.3 Å². The summed E-state index contributed by atoms with van der Waals surface area (Å²) in [6.45, 7) is 0.691. The van der Waals surface area contributed by atoms with Crippen molar-refractivity contribution in [2.24, 2.45) is 7.05 Å². The van der Waals surface area contributed by atoms with Gasteiger partial charge < -0.3 is 5.32 Å². The summed E-state index contributed by atoms with van der Waals surface area (Å²) in [4.78, 5) is 0. The second-order valence-electron chi connectivity index (χ2n) is 4.16. The van der Waals surface area contributed by atoms with Crippen molar-refractivity contribution < 1.29 is 0 Å². The molecule has 0 amide bonds. The van der Waals surface area contributed by atoms with Crippen molar-refractivity contribution in [3.63, 3.8) is 0 Å². The van der Waals surface area contributed by atoms with Crippen LogP contribution in [0.1, 0.15) is 5.56 Å². The van der Waals surface area contributed by atoms with Crippen molar-refractivity contribution in [3.05, 3.63) is 48.4 Å². The average molecular weight is 239 g/mol. The summed E-state index contributed by atoms with van der Waals surface area (Å²) >= 11 is 0. The molecule has 90 valence electrons. The van der Waals surface area contributed by atoms with E-state index in [0.29, 0.717) is 6.54 Å². The lowest BCUT2D eigenvalue weighted by Gasteiger charge is -2.06. The Balaban J connectivity index is 1.86. The third-order valence-corrected chi connectivity index (χ3v) is 2.79. The van der Waals surface area contributed by atoms with Crippen LogP contribution < -0.4 is 5.32 Å². The van der Waals surface area contributed by atoms with Crippen LogP contribution in [0.4, 0.5) is 5.82 Å². The Kier molecular flexibility index (Phi) is 2.64. The number of fused-ring (bicyclic) bond motifs is 1. The molecule has 3 rings (SSSR count). The molecule has 0 spiro atoms. The zero-order valence-corrected chi connectivity index (χ0v) is 10.0. The van der Waals surface area contributed by atoms with Crippen molar-refractivity contribution in [1.82, 2.24) is 20.0 Å². The third kappa shape index (κ3) is 2.02. The molecular weight excluding hydrogens is 226 g/mol. The summed E-state index contributed by atoms with van der Waals surface area (Å²) in [6.07, 6.45) is 5.59. The highest BCUT2D eigenvalue weighted by atomic mass is 15.2. The highest BCUT2D eigenvalue weighted by molar-refractivity contribution is 5.90. The molecule has 3 aromatic rings. The molecule has 18 heavy (non-hydrogen) atoms. The molecular formula is C13H13N5. The average Bonchev–Trinajstić information content (AvgIpc) is 2.82. The monoisotopic (exact) mass is 239 g/mol. The van der Waals surface area contributed by atoms with Gasteiger partial charge in [-0.15, -0.1) is 5.10 Å². The van der Waals surface area contributed by atoms with E-state index in [-0.39, 0.29) is 0 Å². The molecule has 2 heterocycles. The molecule has 0 unspecified atom stereocenters. The predicted octanol–water partition coefficient (Wildman–Crippen LogP) is 1.98. The fourth-order valence-electron chi connectivity index (χ4n) is 1.91. The maximum atomic E-state index is 4.14. The number of aromatic nitrogens is 4. The molecule has 1 N–H and O–H groups in total. The second kappa shape index (κ2) is 4.44. The Bertz CT molecular complexity index is 668. The number of nitrogens with zero attached hydrogens (tertiary/aromatic N) is 4. The number of aryl methyl sites for hydroxylation is 1. The summed E-state index contributed by atoms with van der Waals surface area (Å²) in [5, 5.41) is 17.7. The van der Waals surface area contributed by atoms with E-state index in [2.05, 4.69) is 20.6 Å². The maximum absolute atomic E-state index is 4.14. The van der Waals surface area contributed by atoms with Crippen molar-refractivity contribution in [3.8, 4) is 0 Å². The van der Waals surface area contributed by atoms with E-state index in [9.17, 15) is 0 Å². The van der Waals surface area contributed by atoms with E-state index in [0.717, 1.165) is 22.2 Å². The molecule has 0 fully saturated rings. The summed E-state index contributed by atoms with van der Waals surface area (Å²) in [5.41, 5.74) is 1.12. The van der Waals surface area contributed by atoms with E-state index in [1.165, 1.54) is 0 Å². The number of hydrogen-bond donors (Lipinski definition) is 1. The molecule has 0 saturated carbocycles. The van der Waals surface area contributed by atoms with Gasteiger partial charge in [-0.05, 0) is 0 Å². The number of benzene rings is 1. The smallest absolute Gasteiger partial charge is 0.156 e. The fraction of sp³-hybridized carbons (Fsp3) is 0.154. The zero-order valence-electron chi connectivity index (χ0n) is 10.0. The van der Waals surface area contributed by atoms with Gasteiger partial charge in [-0.3, -0.25) is 4.68 Å². The lowest BCUT2D eigenvalue weighted by atomic mass is 10.2. The van der Waals surface area contributed by atoms with Crippen LogP contribution in [0.2, 0.25) is 0 Å². The minimum Gasteiger partial charge on any atom is -0.364 e. The molecule has 5 nitrogen and oxygen atoms in total. The lowest BCUT2D eigenvalue weighted by Crippen LogP contribution is -2.02. The summed E-state index contributed by atoms with van der Waals surface area (Å²) < 4.78 is 1.78. The number of hydrogen-bond acceptors (Lipinski definition) is 4. The minimum atomic E-state index is 0.691. The molecule has 0 aliphatic carbocycles. The topological polar surface area (TPSA) is 55.6 Å². The molecule has 0 atom stereocenters. The Hall–Kier alpha value is -2.43. The Morgan fingerprint density at radius 1 is 1.22 bits per heavy atom. The van der Waals surface area contributed by atoms with Gasteiger partial charge in [0.2, 0.25) is 0 Å². The molecule has 5 heteroatoms. The van der Waals surface area contributed by atoms with Crippen molar-refractivity contribution in [2.75, 3.05) is 5.32 Å². The number of anilines is 1. The van der Waals surface area contributed by atoms with E-state index >= 15 is 0 Å². The SMILES string of the molecule is Cn1cc(CNc2nncc3ccccc23)cn1. The Morgan fingerprint density at radius 2 is 2.11 bits per heavy atom. The molecule has 2 aromatic heterocycles. The second-order valence-corrected chi connectivity index (χ2v) is 4.16. The summed E-state index contributed by atoms with van der Waals surface area (Å²) in [7, 11) is 1.90. The van der Waals surface area contributed by atoms with Gasteiger partial charge in [-0.2, -0.15) is 10.2 Å². The van der Waals surface area contributed by atoms with Gasteiger partial charge in [0, 0.05) is 36.1 Å². The van der Waals surface area contributed by atoms with E-state index in [1.54, 1.807) is 10.9 Å². The number of rotatable bonds is 3. The standard InChI is InChI=1S/C13H13N5/c1-18-9-10(7-16-18)6-14-13-12-5-3-2-4-11(12)8-15-17-13/h2-5,7-9H,6H2,1H3,(H,14,17). The molecule has 0 bridgehead atoms. The minimum absolute atomic E-state index is 0.691. The lowest BCUT2D eigenvalue weighted by molar-refractivity contribution is 0.767. The van der Waals surface area contributed by atoms with Crippen LogP contribution in [0.25, 0.3) is 10.8 Å². The van der Waals surface area contributed by atoms with Crippen LogP contribution in [0.3, 0.4) is 0 Å². The van der Waals surface area contributed by atoms with Crippen molar-refractivity contribution >= 4 is 16.6 Å². The van der Waals surface area contributed by atoms with Gasteiger partial charge in [0.05, 0.1) is 12.4 Å². The van der Waals surface area contributed by atoms with Crippen LogP contribution in [0.5, 0.6) is 0 Å². The zero-order chi connectivity index (χ0) is 12.4. The number of nitrogens with one attached hydrogen (secondary N) is 1. The molecule has 0 aliphatic heterocycles. The Morgan fingerprint density at radius 3 is 2.94 bits per heavy atom. The molecule has 0 aliphatic rings. The fourth-order valence-corrected chi connectivity index (χ4v) is 1.91. The Labute approximate surface area is 104 Å². The van der Waals surface area contributed by atoms with E-state index in [4.69, 9.17) is 0 Å². The first-order valence-electron chi connectivity index (χ1n) is 5.75. The van der Waals surface area contributed by atoms with Gasteiger partial charge in [-0.25, -0.2) is 0 Å². The van der Waals surface area contributed by atoms with E-state index in [1.807, 2.05) is 43.7 Å². The predicted molar refractivity (Wildman–Crippen MR) is 70.1 cm³/mol. The molecule has 0 radical (unpaired) electrons. The largest absolute Gasteiger partial charge is 0.364 e. The molecule has 0 saturated heterocycles. The highest BCUT2D eigenvalue weighted by Crippen LogP contribution is 2.19. The van der Waals surface area contributed by atoms with Crippen molar-refractivity contribution in [2.45, 2.75) is 6.54 Å². The summed E-state index contributed by atoms with van der Waals surface area (Å²) in [5.74, 6) is 0.803. The third-order valence-electron chi connectivity index (χ3n) is 2.79. The van der Waals surface area contributed by atoms with E-state index < -0.39 is 0 Å². The van der Waals surface area contributed by atoms with Crippen molar-refractivity contribution in [1.29, 1.82) is 0 Å². The first-order chi connectivity index (χ1) is 8.83. The quantitative estimate of drug-likeness (QED) is 0.759. The van der Waals surface area contributed by atoms with Gasteiger partial charge in [0.25, 0.3) is 0 Å². The first kappa shape index (κ1) is 10.7. The summed E-state index contributed by atoms with van der Waals surface area (Å²) in [6, 6.07) is 8.06. The first-order valence-corrected chi connectivity index (χ1v) is 5.75. The van der Waals surface area contributed by atoms with Gasteiger partial charge >= 0.3 is 0 Å². The van der Waals surface area contributed by atoms with Crippen LogP contribution in [0.15, 0.2) is 42.9 Å². The normalized spacial score (nSPS) is 10.7. The maximum Gasteiger partial charge on any atom is 0.156 e. The van der Waals surface area contributed by atoms with Gasteiger partial charge in [0.15, 0.2) is 5.82 Å². The van der Waals surface area contributed by atoms with Gasteiger partial charge in [0.1, 0.15) is 0 Å². The van der Waals surface area contributed by atoms with Crippen LogP contribution in [-0.2, 0) is 13.6 Å². The van der Waals surface area contributed by atoms with Crippen LogP contribution in [0, 0.1) is 0 Å². The highest BCUT2D eigenvalue weighted by Gasteiger charge is 2.03. The molecule has 1 aromatic carbocycles.